The van der Waals surface area contributed by atoms with E-state index in [0.717, 1.165) is 12.1 Å². The Morgan fingerprint density at radius 3 is 2.46 bits per heavy atom. The Hall–Kier alpha value is -1.58. The average molecular weight is 184 g/mol. The fourth-order valence-corrected chi connectivity index (χ4v) is 1.23. The number of aryl methyl sites for hydroxylation is 1. The predicted octanol–water partition coefficient (Wildman–Crippen LogP) is 2.73. The maximum Gasteiger partial charge on any atom is 0.176 e. The van der Waals surface area contributed by atoms with Crippen molar-refractivity contribution in [1.82, 2.24) is 0 Å². The lowest BCUT2D eigenvalue weighted by Crippen LogP contribution is -1.79. The van der Waals surface area contributed by atoms with Crippen molar-refractivity contribution in [2.45, 2.75) is 6.92 Å². The number of hydrogen-bond acceptors (Lipinski definition) is 2. The van der Waals surface area contributed by atoms with Crippen LogP contribution in [-0.4, -0.2) is 5.11 Å². The molecule has 0 aliphatic carbocycles. The van der Waals surface area contributed by atoms with Crippen LogP contribution in [0.2, 0.25) is 0 Å². The summed E-state index contributed by atoms with van der Waals surface area (Å²) in [6, 6.07) is 1.91. The van der Waals surface area contributed by atoms with Crippen molar-refractivity contribution in [1.29, 1.82) is 0 Å². The quantitative estimate of drug-likeness (QED) is 0.682. The molecule has 1 N–H and O–H groups in total. The molecule has 0 saturated carbocycles. The molecule has 2 rings (SSSR count). The maximum absolute atomic E-state index is 13.1. The zero-order valence-electron chi connectivity index (χ0n) is 6.77. The molecule has 0 spiro atoms. The van der Waals surface area contributed by atoms with E-state index in [0.29, 0.717) is 0 Å². The Labute approximate surface area is 72.4 Å². The minimum absolute atomic E-state index is 0.110. The normalized spacial score (nSPS) is 11.0. The first-order chi connectivity index (χ1) is 6.11. The number of furan rings is 1. The van der Waals surface area contributed by atoms with Crippen molar-refractivity contribution in [3.8, 4) is 5.75 Å². The molecule has 4 heteroatoms. The van der Waals surface area contributed by atoms with Crippen LogP contribution in [-0.2, 0) is 0 Å². The van der Waals surface area contributed by atoms with Gasteiger partial charge in [-0.15, -0.1) is 0 Å². The molecule has 0 fully saturated rings. The molecular weight excluding hydrogens is 178 g/mol. The molecule has 68 valence electrons. The molecule has 0 saturated heterocycles. The summed E-state index contributed by atoms with van der Waals surface area (Å²) >= 11 is 0. The number of benzene rings is 1. The summed E-state index contributed by atoms with van der Waals surface area (Å²) in [5.41, 5.74) is -0.241. The van der Waals surface area contributed by atoms with Gasteiger partial charge in [0.2, 0.25) is 0 Å². The predicted molar refractivity (Wildman–Crippen MR) is 42.5 cm³/mol. The van der Waals surface area contributed by atoms with Crippen LogP contribution in [0.5, 0.6) is 5.75 Å². The first-order valence-electron chi connectivity index (χ1n) is 3.67. The van der Waals surface area contributed by atoms with Crippen LogP contribution in [0.3, 0.4) is 0 Å². The van der Waals surface area contributed by atoms with Gasteiger partial charge in [-0.2, -0.15) is 0 Å². The van der Waals surface area contributed by atoms with Gasteiger partial charge in [-0.05, 0) is 19.1 Å². The van der Waals surface area contributed by atoms with E-state index in [9.17, 15) is 13.9 Å². The van der Waals surface area contributed by atoms with Gasteiger partial charge in [0.15, 0.2) is 17.1 Å². The Kier molecular flexibility index (Phi) is 1.52. The summed E-state index contributed by atoms with van der Waals surface area (Å²) in [6.07, 6.45) is 0. The molecule has 0 amide bonds. The summed E-state index contributed by atoms with van der Waals surface area (Å²) < 4.78 is 30.9. The molecule has 0 aliphatic rings. The van der Waals surface area contributed by atoms with Crippen LogP contribution in [0.1, 0.15) is 5.76 Å². The highest BCUT2D eigenvalue weighted by atomic mass is 19.1. The lowest BCUT2D eigenvalue weighted by atomic mass is 10.2. The van der Waals surface area contributed by atoms with E-state index < -0.39 is 11.6 Å². The van der Waals surface area contributed by atoms with Gasteiger partial charge in [0.25, 0.3) is 0 Å². The minimum atomic E-state index is -0.689. The van der Waals surface area contributed by atoms with Crippen LogP contribution >= 0.6 is 0 Å². The molecular formula is C9H6F2O2. The SMILES string of the molecule is Cc1oc2c(F)ccc(F)c2c1O. The summed E-state index contributed by atoms with van der Waals surface area (Å²) in [4.78, 5) is 0. The zero-order chi connectivity index (χ0) is 9.59. The smallest absolute Gasteiger partial charge is 0.176 e. The van der Waals surface area contributed by atoms with E-state index in [-0.39, 0.29) is 22.5 Å². The van der Waals surface area contributed by atoms with Gasteiger partial charge < -0.3 is 9.52 Å². The fraction of sp³-hybridized carbons (Fsp3) is 0.111. The van der Waals surface area contributed by atoms with E-state index in [1.54, 1.807) is 0 Å². The van der Waals surface area contributed by atoms with Gasteiger partial charge in [-0.25, -0.2) is 8.78 Å². The molecule has 1 heterocycles. The summed E-state index contributed by atoms with van der Waals surface area (Å²) in [7, 11) is 0. The Balaban J connectivity index is 3.00. The van der Waals surface area contributed by atoms with Crippen LogP contribution in [0.25, 0.3) is 11.0 Å². The standard InChI is InChI=1S/C9H6F2O2/c1-4-8(12)7-5(10)2-3-6(11)9(7)13-4/h2-3,12H,1H3. The fourth-order valence-electron chi connectivity index (χ4n) is 1.23. The zero-order valence-corrected chi connectivity index (χ0v) is 6.77. The molecule has 0 aliphatic heterocycles. The molecule has 2 aromatic rings. The third-order valence-corrected chi connectivity index (χ3v) is 1.88. The highest BCUT2D eigenvalue weighted by molar-refractivity contribution is 5.86. The van der Waals surface area contributed by atoms with Crippen LogP contribution in [0, 0.1) is 18.6 Å². The van der Waals surface area contributed by atoms with E-state index >= 15 is 0 Å². The summed E-state index contributed by atoms with van der Waals surface area (Å²) in [6.45, 7) is 1.44. The average Bonchev–Trinajstić information content (AvgIpc) is 2.38. The highest BCUT2D eigenvalue weighted by Gasteiger charge is 2.16. The van der Waals surface area contributed by atoms with Crippen molar-refractivity contribution in [3.05, 3.63) is 29.5 Å². The number of aromatic hydroxyl groups is 1. The Bertz CT molecular complexity index is 474. The molecule has 2 nitrogen and oxygen atoms in total. The molecule has 0 radical (unpaired) electrons. The van der Waals surface area contributed by atoms with Gasteiger partial charge >= 0.3 is 0 Å². The van der Waals surface area contributed by atoms with Crippen LogP contribution in [0.15, 0.2) is 16.5 Å². The molecule has 0 atom stereocenters. The van der Waals surface area contributed by atoms with Gasteiger partial charge in [0.05, 0.1) is 0 Å². The maximum atomic E-state index is 13.1. The molecule has 0 unspecified atom stereocenters. The van der Waals surface area contributed by atoms with E-state index in [2.05, 4.69) is 0 Å². The summed E-state index contributed by atoms with van der Waals surface area (Å²) in [5.74, 6) is -1.60. The Morgan fingerprint density at radius 2 is 1.85 bits per heavy atom. The van der Waals surface area contributed by atoms with Crippen molar-refractivity contribution < 1.29 is 18.3 Å². The van der Waals surface area contributed by atoms with E-state index in [1.165, 1.54) is 6.92 Å². The third-order valence-electron chi connectivity index (χ3n) is 1.88. The number of fused-ring (bicyclic) bond motifs is 1. The van der Waals surface area contributed by atoms with Crippen molar-refractivity contribution >= 4 is 11.0 Å². The highest BCUT2D eigenvalue weighted by Crippen LogP contribution is 2.34. The summed E-state index contributed by atoms with van der Waals surface area (Å²) in [5, 5.41) is 9.11. The number of hydrogen-bond donors (Lipinski definition) is 1. The molecule has 13 heavy (non-hydrogen) atoms. The lowest BCUT2D eigenvalue weighted by molar-refractivity contribution is 0.448. The van der Waals surface area contributed by atoms with Gasteiger partial charge in [-0.3, -0.25) is 0 Å². The van der Waals surface area contributed by atoms with Gasteiger partial charge in [0, 0.05) is 0 Å². The van der Waals surface area contributed by atoms with Gasteiger partial charge in [-0.1, -0.05) is 0 Å². The third kappa shape index (κ3) is 0.983. The Morgan fingerprint density at radius 1 is 1.23 bits per heavy atom. The van der Waals surface area contributed by atoms with Crippen molar-refractivity contribution in [2.75, 3.05) is 0 Å². The second kappa shape index (κ2) is 2.45. The van der Waals surface area contributed by atoms with Gasteiger partial charge in [0.1, 0.15) is 17.0 Å². The second-order valence-electron chi connectivity index (χ2n) is 2.74. The van der Waals surface area contributed by atoms with Crippen molar-refractivity contribution in [3.63, 3.8) is 0 Å². The molecule has 1 aromatic heterocycles. The molecule has 1 aromatic carbocycles. The van der Waals surface area contributed by atoms with Crippen LogP contribution < -0.4 is 0 Å². The largest absolute Gasteiger partial charge is 0.504 e. The van der Waals surface area contributed by atoms with E-state index in [1.807, 2.05) is 0 Å². The minimum Gasteiger partial charge on any atom is -0.504 e. The van der Waals surface area contributed by atoms with Crippen LogP contribution in [0.4, 0.5) is 8.78 Å². The first kappa shape index (κ1) is 8.04. The lowest BCUT2D eigenvalue weighted by Gasteiger charge is -1.92. The first-order valence-corrected chi connectivity index (χ1v) is 3.67. The second-order valence-corrected chi connectivity index (χ2v) is 2.74. The topological polar surface area (TPSA) is 33.4 Å². The number of rotatable bonds is 0. The monoisotopic (exact) mass is 184 g/mol. The molecule has 0 bridgehead atoms. The van der Waals surface area contributed by atoms with E-state index in [4.69, 9.17) is 4.42 Å². The number of halogens is 2. The van der Waals surface area contributed by atoms with Crippen molar-refractivity contribution in [2.24, 2.45) is 0 Å².